The summed E-state index contributed by atoms with van der Waals surface area (Å²) in [6.45, 7) is 0. The highest BCUT2D eigenvalue weighted by atomic mass is 32.2. The molecular weight excluding hydrogens is 282 g/mol. The number of hydrogen-bond acceptors (Lipinski definition) is 7. The molecule has 0 aliphatic rings. The number of ether oxygens (including phenoxy) is 1. The number of nitrogens with two attached hydrogens (primary N) is 1. The lowest BCUT2D eigenvalue weighted by Crippen LogP contribution is -2.16. The number of hydrazine groups is 1. The van der Waals surface area contributed by atoms with Crippen molar-refractivity contribution < 1.29 is 13.2 Å². The molecule has 0 amide bonds. The van der Waals surface area contributed by atoms with Crippen molar-refractivity contribution >= 4 is 21.7 Å². The fraction of sp³-hybridized carbons (Fsp3) is 0.0909. The van der Waals surface area contributed by atoms with Gasteiger partial charge in [-0.15, -0.1) is 0 Å². The summed E-state index contributed by atoms with van der Waals surface area (Å²) in [5.41, 5.74) is 2.55. The molecule has 8 nitrogen and oxygen atoms in total. The minimum absolute atomic E-state index is 0.0811. The molecule has 0 aliphatic carbocycles. The van der Waals surface area contributed by atoms with Gasteiger partial charge in [0.25, 0.3) is 10.0 Å². The molecule has 0 unspecified atom stereocenters. The number of hydrogen-bond donors (Lipinski definition) is 3. The number of nitrogen functional groups attached to an aromatic ring is 1. The number of sulfonamides is 1. The fourth-order valence-corrected chi connectivity index (χ4v) is 2.42. The Morgan fingerprint density at radius 3 is 2.45 bits per heavy atom. The van der Waals surface area contributed by atoms with Crippen LogP contribution in [0.2, 0.25) is 0 Å². The predicted molar refractivity (Wildman–Crippen MR) is 73.6 cm³/mol. The Balaban J connectivity index is 2.30. The summed E-state index contributed by atoms with van der Waals surface area (Å²) in [6, 6.07) is 6.67. The zero-order valence-electron chi connectivity index (χ0n) is 10.6. The van der Waals surface area contributed by atoms with Crippen LogP contribution in [0.3, 0.4) is 0 Å². The van der Waals surface area contributed by atoms with Crippen LogP contribution in [-0.4, -0.2) is 25.5 Å². The van der Waals surface area contributed by atoms with Crippen LogP contribution in [0.4, 0.5) is 11.6 Å². The highest BCUT2D eigenvalue weighted by Crippen LogP contribution is 2.25. The Bertz CT molecular complexity index is 687. The molecule has 1 aromatic heterocycles. The first-order valence-corrected chi connectivity index (χ1v) is 6.99. The van der Waals surface area contributed by atoms with Gasteiger partial charge in [-0.05, 0) is 12.1 Å². The van der Waals surface area contributed by atoms with E-state index in [1.54, 1.807) is 24.3 Å². The van der Waals surface area contributed by atoms with E-state index in [9.17, 15) is 8.42 Å². The molecule has 0 aliphatic heterocycles. The normalized spacial score (nSPS) is 10.9. The quantitative estimate of drug-likeness (QED) is 0.545. The van der Waals surface area contributed by atoms with Crippen molar-refractivity contribution in [3.8, 4) is 5.75 Å². The number of nitrogens with one attached hydrogen (secondary N) is 2. The molecule has 9 heteroatoms. The van der Waals surface area contributed by atoms with Crippen LogP contribution in [0.1, 0.15) is 0 Å². The number of aromatic nitrogens is 2. The Hall–Kier alpha value is -2.39. The summed E-state index contributed by atoms with van der Waals surface area (Å²) < 4.78 is 31.8. The second kappa shape index (κ2) is 5.72. The van der Waals surface area contributed by atoms with Gasteiger partial charge in [-0.25, -0.2) is 24.2 Å². The Morgan fingerprint density at radius 2 is 1.85 bits per heavy atom. The molecule has 1 aromatic carbocycles. The molecule has 2 rings (SSSR count). The lowest BCUT2D eigenvalue weighted by molar-refractivity contribution is 0.417. The SMILES string of the molecule is COc1ccccc1NS(=O)(=O)c1cnc(NN)nc1. The number of methoxy groups -OCH3 is 1. The van der Waals surface area contributed by atoms with Crippen LogP contribution in [0.5, 0.6) is 5.75 Å². The minimum Gasteiger partial charge on any atom is -0.495 e. The molecular formula is C11H13N5O3S. The van der Waals surface area contributed by atoms with Crippen molar-refractivity contribution in [2.24, 2.45) is 5.84 Å². The minimum atomic E-state index is -3.79. The van der Waals surface area contributed by atoms with E-state index < -0.39 is 10.0 Å². The van der Waals surface area contributed by atoms with Crippen molar-refractivity contribution in [3.63, 3.8) is 0 Å². The number of anilines is 2. The third kappa shape index (κ3) is 2.95. The molecule has 0 bridgehead atoms. The van der Waals surface area contributed by atoms with Crippen LogP contribution in [0.25, 0.3) is 0 Å². The topological polar surface area (TPSA) is 119 Å². The maximum Gasteiger partial charge on any atom is 0.265 e. The first-order chi connectivity index (χ1) is 9.56. The monoisotopic (exact) mass is 295 g/mol. The average Bonchev–Trinajstić information content (AvgIpc) is 2.47. The summed E-state index contributed by atoms with van der Waals surface area (Å²) in [5, 5.41) is 0. The van der Waals surface area contributed by atoms with Gasteiger partial charge in [-0.2, -0.15) is 0 Å². The molecule has 4 N–H and O–H groups in total. The van der Waals surface area contributed by atoms with Crippen molar-refractivity contribution in [2.45, 2.75) is 4.90 Å². The average molecular weight is 295 g/mol. The van der Waals surface area contributed by atoms with E-state index in [2.05, 4.69) is 20.1 Å². The van der Waals surface area contributed by atoms with Gasteiger partial charge in [-0.3, -0.25) is 10.1 Å². The van der Waals surface area contributed by atoms with Crippen LogP contribution < -0.4 is 20.7 Å². The summed E-state index contributed by atoms with van der Waals surface area (Å²) in [4.78, 5) is 7.42. The second-order valence-corrected chi connectivity index (χ2v) is 5.37. The summed E-state index contributed by atoms with van der Waals surface area (Å²) in [7, 11) is -2.34. The number of para-hydroxylation sites is 2. The maximum atomic E-state index is 12.2. The van der Waals surface area contributed by atoms with Crippen molar-refractivity contribution in [1.29, 1.82) is 0 Å². The molecule has 1 heterocycles. The van der Waals surface area contributed by atoms with Crippen LogP contribution >= 0.6 is 0 Å². The Labute approximate surface area is 116 Å². The van der Waals surface area contributed by atoms with Gasteiger partial charge in [0.05, 0.1) is 25.2 Å². The van der Waals surface area contributed by atoms with Crippen molar-refractivity contribution in [2.75, 3.05) is 17.3 Å². The predicted octanol–water partition coefficient (Wildman–Crippen LogP) is 0.572. The molecule has 20 heavy (non-hydrogen) atoms. The number of rotatable bonds is 5. The third-order valence-electron chi connectivity index (χ3n) is 2.42. The smallest absolute Gasteiger partial charge is 0.265 e. The van der Waals surface area contributed by atoms with Gasteiger partial charge in [0.1, 0.15) is 10.6 Å². The summed E-state index contributed by atoms with van der Waals surface area (Å²) in [5.74, 6) is 5.65. The third-order valence-corrected chi connectivity index (χ3v) is 3.74. The van der Waals surface area contributed by atoms with E-state index in [-0.39, 0.29) is 10.8 Å². The van der Waals surface area contributed by atoms with E-state index in [1.165, 1.54) is 7.11 Å². The van der Waals surface area contributed by atoms with Crippen LogP contribution in [0, 0.1) is 0 Å². The maximum absolute atomic E-state index is 12.2. The first-order valence-electron chi connectivity index (χ1n) is 5.51. The first kappa shape index (κ1) is 14.0. The molecule has 0 saturated carbocycles. The standard InChI is InChI=1S/C11H13N5O3S/c1-19-10-5-3-2-4-9(10)16-20(17,18)8-6-13-11(15-12)14-7-8/h2-7,16H,12H2,1H3,(H,13,14,15). The highest BCUT2D eigenvalue weighted by Gasteiger charge is 2.17. The fourth-order valence-electron chi connectivity index (χ4n) is 1.46. The highest BCUT2D eigenvalue weighted by molar-refractivity contribution is 7.92. The van der Waals surface area contributed by atoms with Crippen molar-refractivity contribution in [1.82, 2.24) is 9.97 Å². The molecule has 2 aromatic rings. The molecule has 106 valence electrons. The second-order valence-electron chi connectivity index (χ2n) is 3.69. The summed E-state index contributed by atoms with van der Waals surface area (Å²) >= 11 is 0. The van der Waals surface area contributed by atoms with E-state index in [0.29, 0.717) is 11.4 Å². The Kier molecular flexibility index (Phi) is 4.01. The van der Waals surface area contributed by atoms with Gasteiger partial charge in [0.2, 0.25) is 5.95 Å². The van der Waals surface area contributed by atoms with E-state index in [1.807, 2.05) is 0 Å². The van der Waals surface area contributed by atoms with Gasteiger partial charge >= 0.3 is 0 Å². The lowest BCUT2D eigenvalue weighted by atomic mass is 10.3. The molecule has 0 atom stereocenters. The largest absolute Gasteiger partial charge is 0.495 e. The van der Waals surface area contributed by atoms with E-state index >= 15 is 0 Å². The van der Waals surface area contributed by atoms with Gasteiger partial charge in [-0.1, -0.05) is 12.1 Å². The number of nitrogens with zero attached hydrogens (tertiary/aromatic N) is 2. The van der Waals surface area contributed by atoms with E-state index in [4.69, 9.17) is 10.6 Å². The van der Waals surface area contributed by atoms with Crippen LogP contribution in [0.15, 0.2) is 41.6 Å². The zero-order chi connectivity index (χ0) is 14.6. The van der Waals surface area contributed by atoms with Gasteiger partial charge in [0.15, 0.2) is 0 Å². The molecule has 0 saturated heterocycles. The number of benzene rings is 1. The molecule has 0 radical (unpaired) electrons. The molecule has 0 spiro atoms. The van der Waals surface area contributed by atoms with Crippen molar-refractivity contribution in [3.05, 3.63) is 36.7 Å². The van der Waals surface area contributed by atoms with Gasteiger partial charge < -0.3 is 4.74 Å². The van der Waals surface area contributed by atoms with E-state index in [0.717, 1.165) is 12.4 Å². The zero-order valence-corrected chi connectivity index (χ0v) is 11.4. The summed E-state index contributed by atoms with van der Waals surface area (Å²) in [6.07, 6.45) is 2.31. The van der Waals surface area contributed by atoms with Crippen LogP contribution in [-0.2, 0) is 10.0 Å². The lowest BCUT2D eigenvalue weighted by Gasteiger charge is -2.11. The molecule has 0 fully saturated rings. The Morgan fingerprint density at radius 1 is 1.20 bits per heavy atom. The van der Waals surface area contributed by atoms with Gasteiger partial charge in [0, 0.05) is 0 Å².